The maximum Gasteiger partial charge on any atom is 0.128 e. The second kappa shape index (κ2) is 7.67. The van der Waals surface area contributed by atoms with Crippen LogP contribution in [0.5, 0.6) is 0 Å². The standard InChI is InChI=1S/C21H14F3NS/c22-17-9-5-15(6-10-17)21(26-14-13-25,16-7-11-18(23)12-8-16)19-3-1-2-4-20(19)24/h1-12H,14H2. The predicted molar refractivity (Wildman–Crippen MR) is 97.2 cm³/mol. The minimum Gasteiger partial charge on any atom is -0.207 e. The predicted octanol–water partition coefficient (Wildman–Crippen LogP) is 5.65. The molecule has 0 spiro atoms. The highest BCUT2D eigenvalue weighted by molar-refractivity contribution is 8.00. The topological polar surface area (TPSA) is 23.8 Å². The van der Waals surface area contributed by atoms with Crippen LogP contribution >= 0.6 is 11.8 Å². The number of nitrogens with zero attached hydrogens (tertiary/aromatic N) is 1. The Morgan fingerprint density at radius 2 is 1.27 bits per heavy atom. The fraction of sp³-hybridized carbons (Fsp3) is 0.0952. The van der Waals surface area contributed by atoms with Gasteiger partial charge in [-0.05, 0) is 41.5 Å². The van der Waals surface area contributed by atoms with E-state index in [-0.39, 0.29) is 5.75 Å². The van der Waals surface area contributed by atoms with E-state index in [1.807, 2.05) is 0 Å². The van der Waals surface area contributed by atoms with E-state index in [9.17, 15) is 13.2 Å². The van der Waals surface area contributed by atoms with E-state index in [0.29, 0.717) is 16.7 Å². The van der Waals surface area contributed by atoms with Crippen LogP contribution in [0.15, 0.2) is 72.8 Å². The summed E-state index contributed by atoms with van der Waals surface area (Å²) < 4.78 is 40.7. The maximum atomic E-state index is 14.8. The third-order valence-electron chi connectivity index (χ3n) is 4.11. The van der Waals surface area contributed by atoms with Crippen LogP contribution in [0.25, 0.3) is 0 Å². The molecule has 1 nitrogen and oxygen atoms in total. The fourth-order valence-electron chi connectivity index (χ4n) is 2.98. The summed E-state index contributed by atoms with van der Waals surface area (Å²) in [5, 5.41) is 9.14. The molecule has 0 saturated heterocycles. The molecule has 0 aliphatic heterocycles. The molecule has 0 unspecified atom stereocenters. The summed E-state index contributed by atoms with van der Waals surface area (Å²) in [5.41, 5.74) is 1.55. The first-order valence-corrected chi connectivity index (χ1v) is 8.84. The number of halogens is 3. The van der Waals surface area contributed by atoms with Crippen molar-refractivity contribution in [2.45, 2.75) is 4.75 Å². The second-order valence-electron chi connectivity index (χ2n) is 5.62. The van der Waals surface area contributed by atoms with Crippen LogP contribution in [0.4, 0.5) is 13.2 Å². The average molecular weight is 369 g/mol. The zero-order valence-corrected chi connectivity index (χ0v) is 14.4. The molecule has 0 bridgehead atoms. The summed E-state index contributed by atoms with van der Waals surface area (Å²) in [4.78, 5) is 0. The first-order chi connectivity index (χ1) is 12.6. The zero-order chi connectivity index (χ0) is 18.6. The molecule has 3 rings (SSSR count). The van der Waals surface area contributed by atoms with Gasteiger partial charge in [0, 0.05) is 5.56 Å². The van der Waals surface area contributed by atoms with Gasteiger partial charge in [-0.1, -0.05) is 42.5 Å². The van der Waals surface area contributed by atoms with Crippen LogP contribution in [0, 0.1) is 28.8 Å². The SMILES string of the molecule is N#CCSC(c1ccc(F)cc1)(c1ccc(F)cc1)c1ccccc1F. The number of rotatable bonds is 5. The molecule has 0 fully saturated rings. The van der Waals surface area contributed by atoms with Crippen LogP contribution in [0.3, 0.4) is 0 Å². The molecule has 0 aliphatic carbocycles. The minimum atomic E-state index is -1.11. The highest BCUT2D eigenvalue weighted by Crippen LogP contribution is 2.49. The highest BCUT2D eigenvalue weighted by atomic mass is 32.2. The Hall–Kier alpha value is -2.71. The van der Waals surface area contributed by atoms with Gasteiger partial charge in [-0.2, -0.15) is 5.26 Å². The number of hydrogen-bond acceptors (Lipinski definition) is 2. The van der Waals surface area contributed by atoms with E-state index in [0.717, 1.165) is 0 Å². The molecule has 3 aromatic rings. The van der Waals surface area contributed by atoms with Crippen molar-refractivity contribution in [1.29, 1.82) is 5.26 Å². The Kier molecular flexibility index (Phi) is 5.34. The fourth-order valence-corrected chi connectivity index (χ4v) is 4.19. The number of hydrogen-bond donors (Lipinski definition) is 0. The molecule has 0 aliphatic rings. The lowest BCUT2D eigenvalue weighted by molar-refractivity contribution is 0.598. The van der Waals surface area contributed by atoms with Gasteiger partial charge in [0.15, 0.2) is 0 Å². The number of thioether (sulfide) groups is 1. The summed E-state index contributed by atoms with van der Waals surface area (Å²) in [7, 11) is 0. The molecule has 0 N–H and O–H groups in total. The van der Waals surface area contributed by atoms with Crippen LogP contribution < -0.4 is 0 Å². The van der Waals surface area contributed by atoms with E-state index < -0.39 is 22.2 Å². The molecule has 0 radical (unpaired) electrons. The van der Waals surface area contributed by atoms with Gasteiger partial charge in [0.05, 0.1) is 16.6 Å². The quantitative estimate of drug-likeness (QED) is 0.543. The third-order valence-corrected chi connectivity index (χ3v) is 5.51. The van der Waals surface area contributed by atoms with Gasteiger partial charge in [-0.3, -0.25) is 0 Å². The van der Waals surface area contributed by atoms with E-state index in [1.165, 1.54) is 42.1 Å². The van der Waals surface area contributed by atoms with Crippen LogP contribution in [-0.4, -0.2) is 5.75 Å². The number of benzene rings is 3. The molecular formula is C21H14F3NS. The largest absolute Gasteiger partial charge is 0.207 e. The maximum absolute atomic E-state index is 14.8. The molecule has 130 valence electrons. The molecular weight excluding hydrogens is 355 g/mol. The Labute approximate surface area is 154 Å². The van der Waals surface area contributed by atoms with Gasteiger partial charge < -0.3 is 0 Å². The Morgan fingerprint density at radius 1 is 0.769 bits per heavy atom. The molecule has 5 heteroatoms. The number of nitriles is 1. The van der Waals surface area contributed by atoms with E-state index in [1.54, 1.807) is 42.5 Å². The lowest BCUT2D eigenvalue weighted by atomic mass is 9.83. The summed E-state index contributed by atoms with van der Waals surface area (Å²) in [5.74, 6) is -1.21. The zero-order valence-electron chi connectivity index (χ0n) is 13.6. The molecule has 3 aromatic carbocycles. The molecule has 0 atom stereocenters. The summed E-state index contributed by atoms with van der Waals surface area (Å²) in [6.07, 6.45) is 0. The van der Waals surface area contributed by atoms with Crippen molar-refractivity contribution in [2.24, 2.45) is 0 Å². The van der Waals surface area contributed by atoms with E-state index in [4.69, 9.17) is 5.26 Å². The first-order valence-electron chi connectivity index (χ1n) is 7.86. The Balaban J connectivity index is 2.34. The van der Waals surface area contributed by atoms with Crippen LogP contribution in [0.1, 0.15) is 16.7 Å². The average Bonchev–Trinajstić information content (AvgIpc) is 2.66. The van der Waals surface area contributed by atoms with Gasteiger partial charge in [0.1, 0.15) is 17.5 Å². The van der Waals surface area contributed by atoms with E-state index in [2.05, 4.69) is 6.07 Å². The lowest BCUT2D eigenvalue weighted by Crippen LogP contribution is -2.27. The van der Waals surface area contributed by atoms with Gasteiger partial charge in [0.2, 0.25) is 0 Å². The minimum absolute atomic E-state index is 0.0725. The van der Waals surface area contributed by atoms with Crippen molar-refractivity contribution in [2.75, 3.05) is 5.75 Å². The van der Waals surface area contributed by atoms with Crippen molar-refractivity contribution in [1.82, 2.24) is 0 Å². The first kappa shape index (κ1) is 18.1. The lowest BCUT2D eigenvalue weighted by Gasteiger charge is -2.35. The third kappa shape index (κ3) is 3.33. The smallest absolute Gasteiger partial charge is 0.128 e. The van der Waals surface area contributed by atoms with E-state index >= 15 is 0 Å². The highest BCUT2D eigenvalue weighted by Gasteiger charge is 2.39. The molecule has 0 heterocycles. The summed E-state index contributed by atoms with van der Waals surface area (Å²) >= 11 is 1.21. The van der Waals surface area contributed by atoms with Crippen molar-refractivity contribution < 1.29 is 13.2 Å². The van der Waals surface area contributed by atoms with Crippen molar-refractivity contribution in [3.05, 3.63) is 107 Å². The Morgan fingerprint density at radius 3 is 1.73 bits per heavy atom. The molecule has 0 saturated carbocycles. The van der Waals surface area contributed by atoms with Crippen molar-refractivity contribution in [3.63, 3.8) is 0 Å². The summed E-state index contributed by atoms with van der Waals surface area (Å²) in [6, 6.07) is 19.7. The van der Waals surface area contributed by atoms with Crippen molar-refractivity contribution in [3.8, 4) is 6.07 Å². The molecule has 26 heavy (non-hydrogen) atoms. The Bertz CT molecular complexity index is 885. The monoisotopic (exact) mass is 369 g/mol. The normalized spacial score (nSPS) is 11.2. The van der Waals surface area contributed by atoms with Gasteiger partial charge >= 0.3 is 0 Å². The molecule has 0 amide bonds. The van der Waals surface area contributed by atoms with Crippen LogP contribution in [-0.2, 0) is 4.75 Å². The van der Waals surface area contributed by atoms with Crippen LogP contribution in [0.2, 0.25) is 0 Å². The summed E-state index contributed by atoms with van der Waals surface area (Å²) in [6.45, 7) is 0. The van der Waals surface area contributed by atoms with Gasteiger partial charge in [0.25, 0.3) is 0 Å². The molecule has 0 aromatic heterocycles. The second-order valence-corrected chi connectivity index (χ2v) is 6.81. The van der Waals surface area contributed by atoms with Gasteiger partial charge in [-0.15, -0.1) is 11.8 Å². The van der Waals surface area contributed by atoms with Gasteiger partial charge in [-0.25, -0.2) is 13.2 Å². The van der Waals surface area contributed by atoms with Crippen molar-refractivity contribution >= 4 is 11.8 Å².